The van der Waals surface area contributed by atoms with Crippen molar-refractivity contribution in [2.75, 3.05) is 30.0 Å². The number of anilines is 2. The molecule has 2 aromatic rings. The average molecular weight is 439 g/mol. The monoisotopic (exact) mass is 438 g/mol. The molecule has 6 heteroatoms. The maximum atomic E-state index is 13.1. The van der Waals surface area contributed by atoms with E-state index in [1.54, 1.807) is 0 Å². The molecule has 3 rings (SSSR count). The summed E-state index contributed by atoms with van der Waals surface area (Å²) in [5, 5.41) is 2.94. The summed E-state index contributed by atoms with van der Waals surface area (Å²) in [7, 11) is 0. The Balaban J connectivity index is 1.74. The minimum absolute atomic E-state index is 0.0594. The summed E-state index contributed by atoms with van der Waals surface area (Å²) in [4.78, 5) is 27.5. The van der Waals surface area contributed by atoms with Crippen LogP contribution in [-0.2, 0) is 16.0 Å². The van der Waals surface area contributed by atoms with E-state index >= 15 is 0 Å². The predicted molar refractivity (Wildman–Crippen MR) is 127 cm³/mol. The highest BCUT2D eigenvalue weighted by Gasteiger charge is 2.37. The number of hydrogen-bond acceptors (Lipinski definition) is 4. The molecule has 0 bridgehead atoms. The van der Waals surface area contributed by atoms with Gasteiger partial charge in [-0.1, -0.05) is 26.0 Å². The molecule has 0 fully saturated rings. The van der Waals surface area contributed by atoms with Gasteiger partial charge in [-0.25, -0.2) is 0 Å². The van der Waals surface area contributed by atoms with Crippen LogP contribution < -0.4 is 19.7 Å². The molecule has 32 heavy (non-hydrogen) atoms. The number of fused-ring (bicyclic) bond motifs is 1. The van der Waals surface area contributed by atoms with E-state index in [1.165, 1.54) is 0 Å². The zero-order valence-corrected chi connectivity index (χ0v) is 19.7. The van der Waals surface area contributed by atoms with Crippen LogP contribution in [0, 0.1) is 11.3 Å². The zero-order valence-electron chi connectivity index (χ0n) is 19.7. The van der Waals surface area contributed by atoms with Crippen LogP contribution in [0.25, 0.3) is 0 Å². The van der Waals surface area contributed by atoms with Crippen molar-refractivity contribution in [1.29, 1.82) is 0 Å². The van der Waals surface area contributed by atoms with Gasteiger partial charge in [0, 0.05) is 18.3 Å². The summed E-state index contributed by atoms with van der Waals surface area (Å²) >= 11 is 0. The van der Waals surface area contributed by atoms with Crippen LogP contribution in [0.5, 0.6) is 11.5 Å². The Kier molecular flexibility index (Phi) is 7.44. The number of amides is 2. The number of nitrogens with zero attached hydrogens (tertiary/aromatic N) is 1. The molecular weight excluding hydrogens is 404 g/mol. The van der Waals surface area contributed by atoms with Crippen molar-refractivity contribution in [3.8, 4) is 11.5 Å². The van der Waals surface area contributed by atoms with Crippen LogP contribution in [0.1, 0.15) is 46.6 Å². The van der Waals surface area contributed by atoms with Gasteiger partial charge >= 0.3 is 0 Å². The number of nitrogens with one attached hydrogen (secondary N) is 1. The highest BCUT2D eigenvalue weighted by molar-refractivity contribution is 6.00. The van der Waals surface area contributed by atoms with Gasteiger partial charge in [0.25, 0.3) is 0 Å². The van der Waals surface area contributed by atoms with Crippen LogP contribution in [0.3, 0.4) is 0 Å². The number of rotatable bonds is 8. The molecule has 0 saturated carbocycles. The summed E-state index contributed by atoms with van der Waals surface area (Å²) in [6.45, 7) is 11.6. The fourth-order valence-electron chi connectivity index (χ4n) is 3.60. The standard InChI is InChI=1S/C26H34N2O4/c1-6-31-21-10-7-19(8-11-21)15-24(29)27-20-9-12-22-23(16-20)32-17-26(4,5)25(30)28(22)14-13-18(2)3/h7-12,16,18H,6,13-15,17H2,1-5H3,(H,27,29). The first-order chi connectivity index (χ1) is 15.2. The third-order valence-corrected chi connectivity index (χ3v) is 5.48. The molecule has 1 heterocycles. The lowest BCUT2D eigenvalue weighted by Gasteiger charge is -2.28. The Bertz CT molecular complexity index is 951. The van der Waals surface area contributed by atoms with Crippen molar-refractivity contribution in [3.63, 3.8) is 0 Å². The first-order valence-electron chi connectivity index (χ1n) is 11.3. The van der Waals surface area contributed by atoms with E-state index in [1.807, 2.05) is 68.1 Å². The second-order valence-corrected chi connectivity index (χ2v) is 9.30. The van der Waals surface area contributed by atoms with Gasteiger partial charge in [0.05, 0.1) is 24.1 Å². The molecular formula is C26H34N2O4. The largest absolute Gasteiger partial charge is 0.494 e. The zero-order chi connectivity index (χ0) is 23.3. The highest BCUT2D eigenvalue weighted by atomic mass is 16.5. The summed E-state index contributed by atoms with van der Waals surface area (Å²) in [5.41, 5.74) is 1.69. The van der Waals surface area contributed by atoms with E-state index in [4.69, 9.17) is 9.47 Å². The van der Waals surface area contributed by atoms with Gasteiger partial charge in [0.1, 0.15) is 18.1 Å². The second-order valence-electron chi connectivity index (χ2n) is 9.30. The van der Waals surface area contributed by atoms with Crippen LogP contribution in [0.4, 0.5) is 11.4 Å². The maximum Gasteiger partial charge on any atom is 0.236 e. The van der Waals surface area contributed by atoms with Gasteiger partial charge < -0.3 is 19.7 Å². The van der Waals surface area contributed by atoms with E-state index in [0.29, 0.717) is 37.1 Å². The molecule has 2 amide bonds. The Morgan fingerprint density at radius 2 is 1.91 bits per heavy atom. The summed E-state index contributed by atoms with van der Waals surface area (Å²) in [5.74, 6) is 1.84. The third kappa shape index (κ3) is 5.81. The number of benzene rings is 2. The Morgan fingerprint density at radius 1 is 1.19 bits per heavy atom. The van der Waals surface area contributed by atoms with Gasteiger partial charge in [0.15, 0.2) is 0 Å². The quantitative estimate of drug-likeness (QED) is 0.625. The SMILES string of the molecule is CCOc1ccc(CC(=O)Nc2ccc3c(c2)OCC(C)(C)C(=O)N3CCC(C)C)cc1. The molecule has 0 aliphatic carbocycles. The molecule has 6 nitrogen and oxygen atoms in total. The fourth-order valence-corrected chi connectivity index (χ4v) is 3.60. The molecule has 0 spiro atoms. The minimum atomic E-state index is -0.618. The molecule has 0 radical (unpaired) electrons. The molecule has 172 valence electrons. The molecule has 1 aliphatic heterocycles. The lowest BCUT2D eigenvalue weighted by molar-refractivity contribution is -0.127. The van der Waals surface area contributed by atoms with Crippen LogP contribution in [0.15, 0.2) is 42.5 Å². The molecule has 0 saturated heterocycles. The van der Waals surface area contributed by atoms with Crippen molar-refractivity contribution in [1.82, 2.24) is 0 Å². The first-order valence-corrected chi connectivity index (χ1v) is 11.3. The maximum absolute atomic E-state index is 13.1. The van der Waals surface area contributed by atoms with Crippen LogP contribution >= 0.6 is 0 Å². The number of carbonyl (C=O) groups excluding carboxylic acids is 2. The molecule has 1 N–H and O–H groups in total. The van der Waals surface area contributed by atoms with Crippen molar-refractivity contribution < 1.29 is 19.1 Å². The Labute approximate surface area is 190 Å². The lowest BCUT2D eigenvalue weighted by Crippen LogP contribution is -2.42. The minimum Gasteiger partial charge on any atom is -0.494 e. The fraction of sp³-hybridized carbons (Fsp3) is 0.462. The first kappa shape index (κ1) is 23.6. The summed E-state index contributed by atoms with van der Waals surface area (Å²) < 4.78 is 11.5. The van der Waals surface area contributed by atoms with E-state index in [-0.39, 0.29) is 18.2 Å². The number of ether oxygens (including phenoxy) is 2. The van der Waals surface area contributed by atoms with E-state index in [0.717, 1.165) is 23.4 Å². The number of hydrogen-bond donors (Lipinski definition) is 1. The van der Waals surface area contributed by atoms with Crippen LogP contribution in [0.2, 0.25) is 0 Å². The Morgan fingerprint density at radius 3 is 2.56 bits per heavy atom. The number of carbonyl (C=O) groups is 2. The lowest BCUT2D eigenvalue weighted by atomic mass is 9.92. The molecule has 2 aromatic carbocycles. The topological polar surface area (TPSA) is 67.9 Å². The Hall–Kier alpha value is -3.02. The van der Waals surface area contributed by atoms with Crippen molar-refractivity contribution >= 4 is 23.2 Å². The van der Waals surface area contributed by atoms with Crippen molar-refractivity contribution in [2.24, 2.45) is 11.3 Å². The van der Waals surface area contributed by atoms with Gasteiger partial charge in [-0.3, -0.25) is 9.59 Å². The van der Waals surface area contributed by atoms with Gasteiger partial charge in [-0.15, -0.1) is 0 Å². The molecule has 0 atom stereocenters. The van der Waals surface area contributed by atoms with E-state index in [2.05, 4.69) is 19.2 Å². The van der Waals surface area contributed by atoms with Crippen LogP contribution in [-0.4, -0.2) is 31.6 Å². The normalized spacial score (nSPS) is 15.1. The van der Waals surface area contributed by atoms with E-state index < -0.39 is 5.41 Å². The van der Waals surface area contributed by atoms with Gasteiger partial charge in [0.2, 0.25) is 11.8 Å². The molecule has 0 unspecified atom stereocenters. The smallest absolute Gasteiger partial charge is 0.236 e. The second kappa shape index (κ2) is 10.1. The highest BCUT2D eigenvalue weighted by Crippen LogP contribution is 2.38. The van der Waals surface area contributed by atoms with Gasteiger partial charge in [-0.05, 0) is 62.9 Å². The summed E-state index contributed by atoms with van der Waals surface area (Å²) in [6, 6.07) is 13.0. The van der Waals surface area contributed by atoms with Gasteiger partial charge in [-0.2, -0.15) is 0 Å². The van der Waals surface area contributed by atoms with E-state index in [9.17, 15) is 9.59 Å². The average Bonchev–Trinajstić information content (AvgIpc) is 2.83. The molecule has 0 aromatic heterocycles. The summed E-state index contributed by atoms with van der Waals surface area (Å²) in [6.07, 6.45) is 1.16. The van der Waals surface area contributed by atoms with Crippen molar-refractivity contribution in [2.45, 2.75) is 47.5 Å². The molecule has 1 aliphatic rings. The third-order valence-electron chi connectivity index (χ3n) is 5.48. The van der Waals surface area contributed by atoms with Crippen molar-refractivity contribution in [3.05, 3.63) is 48.0 Å². The predicted octanol–water partition coefficient (Wildman–Crippen LogP) is 5.06.